The van der Waals surface area contributed by atoms with Gasteiger partial charge in [0, 0.05) is 13.2 Å². The minimum absolute atomic E-state index is 0.416. The van der Waals surface area contributed by atoms with E-state index in [1.54, 1.807) is 10.9 Å². The number of aryl methyl sites for hydroxylation is 1. The lowest BCUT2D eigenvalue weighted by molar-refractivity contribution is -0.851. The van der Waals surface area contributed by atoms with Crippen molar-refractivity contribution in [3.8, 4) is 0 Å². The van der Waals surface area contributed by atoms with Crippen LogP contribution in [0.5, 0.6) is 0 Å². The Kier molecular flexibility index (Phi) is 2.46. The Hall–Kier alpha value is -1.31. The number of aromatic nitrogens is 2. The minimum atomic E-state index is 0.416. The quantitative estimate of drug-likeness (QED) is 0.515. The van der Waals surface area contributed by atoms with Gasteiger partial charge in [-0.25, -0.2) is 0 Å². The standard InChI is InChI=1S/C10H13N5OS/c1-14-7-8(6-11-14)9-12-10(17)15(13-9)2-4-16-5-3-15/h6-7H,2-5H2,1H3. The third-order valence-electron chi connectivity index (χ3n) is 3.02. The number of rotatable bonds is 1. The van der Waals surface area contributed by atoms with Crippen molar-refractivity contribution in [2.45, 2.75) is 0 Å². The molecule has 1 spiro atoms. The van der Waals surface area contributed by atoms with Crippen LogP contribution in [0, 0.1) is 0 Å². The molecule has 1 fully saturated rings. The Bertz CT molecular complexity index is 501. The molecular weight excluding hydrogens is 238 g/mol. The maximum atomic E-state index is 5.35. The van der Waals surface area contributed by atoms with Crippen molar-refractivity contribution in [2.24, 2.45) is 17.1 Å². The third-order valence-corrected chi connectivity index (χ3v) is 3.45. The summed E-state index contributed by atoms with van der Waals surface area (Å²) >= 11 is 5.34. The molecule has 0 unspecified atom stereocenters. The van der Waals surface area contributed by atoms with E-state index >= 15 is 0 Å². The van der Waals surface area contributed by atoms with Crippen molar-refractivity contribution in [1.82, 2.24) is 9.78 Å². The van der Waals surface area contributed by atoms with Crippen molar-refractivity contribution in [1.29, 1.82) is 0 Å². The second-order valence-corrected chi connectivity index (χ2v) is 4.57. The van der Waals surface area contributed by atoms with E-state index in [0.717, 1.165) is 18.7 Å². The molecule has 3 rings (SSSR count). The lowest BCUT2D eigenvalue weighted by Gasteiger charge is -2.35. The largest absolute Gasteiger partial charge is 0.697 e. The van der Waals surface area contributed by atoms with Crippen LogP contribution in [0.4, 0.5) is 0 Å². The van der Waals surface area contributed by atoms with Gasteiger partial charge in [-0.1, -0.05) is 5.10 Å². The van der Waals surface area contributed by atoms with Gasteiger partial charge in [-0.15, -0.1) is 0 Å². The van der Waals surface area contributed by atoms with E-state index in [1.807, 2.05) is 13.2 Å². The maximum absolute atomic E-state index is 5.35. The van der Waals surface area contributed by atoms with Crippen molar-refractivity contribution in [2.75, 3.05) is 26.3 Å². The molecule has 3 heterocycles. The predicted octanol–water partition coefficient (Wildman–Crippen LogP) is -0.155. The van der Waals surface area contributed by atoms with E-state index in [9.17, 15) is 0 Å². The van der Waals surface area contributed by atoms with Gasteiger partial charge in [-0.3, -0.25) is 4.68 Å². The molecule has 2 aliphatic rings. The molecule has 0 bridgehead atoms. The predicted molar refractivity (Wildman–Crippen MR) is 65.4 cm³/mol. The second kappa shape index (κ2) is 3.86. The summed E-state index contributed by atoms with van der Waals surface area (Å²) in [7, 11) is 1.87. The lowest BCUT2D eigenvalue weighted by Crippen LogP contribution is -2.52. The van der Waals surface area contributed by atoms with Gasteiger partial charge < -0.3 is 17.4 Å². The number of hydrogen-bond donors (Lipinski definition) is 0. The summed E-state index contributed by atoms with van der Waals surface area (Å²) in [5.74, 6) is 0.685. The number of morpholine rings is 1. The second-order valence-electron chi connectivity index (χ2n) is 4.20. The number of aliphatic imine (C=N–C) groups is 1. The first-order chi connectivity index (χ1) is 8.20. The van der Waals surface area contributed by atoms with E-state index in [-0.39, 0.29) is 0 Å². The molecule has 0 radical (unpaired) electrons. The normalized spacial score (nSPS) is 22.6. The number of quaternary nitrogens is 1. The zero-order chi connectivity index (χ0) is 11.9. The smallest absolute Gasteiger partial charge is 0.221 e. The molecule has 90 valence electrons. The fourth-order valence-electron chi connectivity index (χ4n) is 2.03. The number of nitrogens with zero attached hydrogens (tertiary/aromatic N) is 5. The molecule has 0 atom stereocenters. The monoisotopic (exact) mass is 251 g/mol. The van der Waals surface area contributed by atoms with E-state index in [1.165, 1.54) is 0 Å². The zero-order valence-electron chi connectivity index (χ0n) is 9.54. The molecule has 1 saturated heterocycles. The van der Waals surface area contributed by atoms with Crippen LogP contribution < -0.4 is 0 Å². The maximum Gasteiger partial charge on any atom is 0.221 e. The summed E-state index contributed by atoms with van der Waals surface area (Å²) in [6, 6.07) is 0. The van der Waals surface area contributed by atoms with Crippen LogP contribution >= 0.6 is 0 Å². The fraction of sp³-hybridized carbons (Fsp3) is 0.500. The molecule has 2 aliphatic heterocycles. The number of ether oxygens (including phenoxy) is 1. The van der Waals surface area contributed by atoms with Crippen LogP contribution in [-0.4, -0.2) is 51.7 Å². The van der Waals surface area contributed by atoms with Crippen molar-refractivity contribution in [3.63, 3.8) is 0 Å². The zero-order valence-corrected chi connectivity index (χ0v) is 10.4. The van der Waals surface area contributed by atoms with Gasteiger partial charge in [0.1, 0.15) is 18.3 Å². The lowest BCUT2D eigenvalue weighted by atomic mass is 10.3. The van der Waals surface area contributed by atoms with Crippen LogP contribution in [0.3, 0.4) is 0 Å². The molecule has 0 aromatic carbocycles. The first-order valence-electron chi connectivity index (χ1n) is 5.50. The van der Waals surface area contributed by atoms with Crippen LogP contribution in [0.15, 0.2) is 22.5 Å². The Balaban J connectivity index is 1.95. The van der Waals surface area contributed by atoms with Crippen LogP contribution in [0.1, 0.15) is 5.56 Å². The molecule has 0 N–H and O–H groups in total. The topological polar surface area (TPSA) is 51.8 Å². The van der Waals surface area contributed by atoms with Gasteiger partial charge >= 0.3 is 0 Å². The third kappa shape index (κ3) is 1.76. The molecule has 1 aromatic heterocycles. The highest BCUT2D eigenvalue weighted by molar-refractivity contribution is 7.76. The Morgan fingerprint density at radius 2 is 2.18 bits per heavy atom. The summed E-state index contributed by atoms with van der Waals surface area (Å²) < 4.78 is 7.50. The highest BCUT2D eigenvalue weighted by Gasteiger charge is 2.36. The molecule has 0 amide bonds. The average Bonchev–Trinajstić information content (AvgIpc) is 2.87. The molecule has 1 aromatic rings. The molecule has 6 nitrogen and oxygen atoms in total. The summed E-state index contributed by atoms with van der Waals surface area (Å²) in [5, 5.41) is 9.41. The van der Waals surface area contributed by atoms with Gasteiger partial charge in [0.2, 0.25) is 5.84 Å². The number of amidine groups is 2. The van der Waals surface area contributed by atoms with E-state index in [2.05, 4.69) is 15.2 Å². The fourth-order valence-corrected chi connectivity index (χ4v) is 2.34. The SMILES string of the molecule is Cn1cc(C2=N[N+]3(CCOCC3)C([S-])=N2)cn1. The van der Waals surface area contributed by atoms with Crippen LogP contribution in [0.2, 0.25) is 0 Å². The van der Waals surface area contributed by atoms with Gasteiger partial charge in [0.25, 0.3) is 0 Å². The first kappa shape index (κ1) is 10.8. The summed E-state index contributed by atoms with van der Waals surface area (Å²) in [6.45, 7) is 2.90. The van der Waals surface area contributed by atoms with E-state index < -0.39 is 0 Å². The van der Waals surface area contributed by atoms with Gasteiger partial charge in [0.15, 0.2) is 0 Å². The molecule has 17 heavy (non-hydrogen) atoms. The van der Waals surface area contributed by atoms with Crippen molar-refractivity contribution < 1.29 is 9.33 Å². The van der Waals surface area contributed by atoms with E-state index in [4.69, 9.17) is 17.4 Å². The summed E-state index contributed by atoms with van der Waals surface area (Å²) in [4.78, 5) is 4.39. The van der Waals surface area contributed by atoms with Crippen molar-refractivity contribution >= 4 is 23.6 Å². The van der Waals surface area contributed by atoms with Crippen LogP contribution in [-0.2, 0) is 24.4 Å². The molecular formula is C10H13N5OS. The Labute approximate surface area is 105 Å². The molecule has 0 saturated carbocycles. The molecule has 0 aliphatic carbocycles. The van der Waals surface area contributed by atoms with E-state index in [0.29, 0.717) is 28.8 Å². The summed E-state index contributed by atoms with van der Waals surface area (Å²) in [5.41, 5.74) is 0.913. The highest BCUT2D eigenvalue weighted by atomic mass is 32.1. The summed E-state index contributed by atoms with van der Waals surface area (Å²) in [6.07, 6.45) is 3.65. The van der Waals surface area contributed by atoms with Crippen molar-refractivity contribution in [3.05, 3.63) is 18.0 Å². The van der Waals surface area contributed by atoms with Gasteiger partial charge in [0.05, 0.1) is 25.0 Å². The highest BCUT2D eigenvalue weighted by Crippen LogP contribution is 2.21. The Morgan fingerprint density at radius 3 is 2.82 bits per heavy atom. The van der Waals surface area contributed by atoms with Gasteiger partial charge in [-0.2, -0.15) is 14.7 Å². The molecule has 7 heteroatoms. The number of hydrogen-bond acceptors (Lipinski definition) is 5. The van der Waals surface area contributed by atoms with Crippen LogP contribution in [0.25, 0.3) is 0 Å². The Morgan fingerprint density at radius 1 is 1.41 bits per heavy atom. The minimum Gasteiger partial charge on any atom is -0.697 e. The average molecular weight is 251 g/mol. The first-order valence-corrected chi connectivity index (χ1v) is 5.91. The van der Waals surface area contributed by atoms with Gasteiger partial charge in [-0.05, 0) is 0 Å².